The van der Waals surface area contributed by atoms with Gasteiger partial charge in [-0.3, -0.25) is 4.79 Å². The van der Waals surface area contributed by atoms with Gasteiger partial charge in [0.15, 0.2) is 0 Å². The number of carboxylic acid groups (broad SMARTS) is 1. The molecule has 0 aromatic carbocycles. The quantitative estimate of drug-likeness (QED) is 0.644. The van der Waals surface area contributed by atoms with Gasteiger partial charge in [0.25, 0.3) is 0 Å². The molecule has 1 atom stereocenters. The molecule has 0 spiro atoms. The molecule has 0 bridgehead atoms. The molecule has 0 aromatic heterocycles. The van der Waals surface area contributed by atoms with Gasteiger partial charge in [0, 0.05) is 0 Å². The zero-order chi connectivity index (χ0) is 9.56. The summed E-state index contributed by atoms with van der Waals surface area (Å²) in [7, 11) is 0. The van der Waals surface area contributed by atoms with Crippen molar-refractivity contribution in [1.82, 2.24) is 0 Å². The van der Waals surface area contributed by atoms with Gasteiger partial charge >= 0.3 is 5.97 Å². The topological polar surface area (TPSA) is 37.3 Å². The van der Waals surface area contributed by atoms with Crippen LogP contribution in [-0.4, -0.2) is 11.1 Å². The minimum Gasteiger partial charge on any atom is -0.481 e. The molecule has 70 valence electrons. The number of aliphatic carboxylic acids is 1. The Hall–Kier alpha value is -0.790. The van der Waals surface area contributed by atoms with Gasteiger partial charge < -0.3 is 5.11 Å². The molecule has 0 aliphatic carbocycles. The van der Waals surface area contributed by atoms with Crippen molar-refractivity contribution in [2.45, 2.75) is 40.0 Å². The van der Waals surface area contributed by atoms with E-state index in [9.17, 15) is 4.79 Å². The Morgan fingerprint density at radius 2 is 2.17 bits per heavy atom. The lowest BCUT2D eigenvalue weighted by Gasteiger charge is -2.04. The first-order valence-corrected chi connectivity index (χ1v) is 4.43. The summed E-state index contributed by atoms with van der Waals surface area (Å²) in [5.74, 6) is -0.0818. The maximum absolute atomic E-state index is 10.3. The van der Waals surface area contributed by atoms with E-state index in [1.165, 1.54) is 0 Å². The van der Waals surface area contributed by atoms with Crippen LogP contribution in [0.5, 0.6) is 0 Å². The molecule has 2 heteroatoms. The summed E-state index contributed by atoms with van der Waals surface area (Å²) in [4.78, 5) is 10.3. The highest BCUT2D eigenvalue weighted by molar-refractivity contribution is 5.69. The fraction of sp³-hybridized carbons (Fsp3) is 0.700. The van der Waals surface area contributed by atoms with E-state index in [4.69, 9.17) is 5.11 Å². The zero-order valence-corrected chi connectivity index (χ0v) is 8.13. The van der Waals surface area contributed by atoms with Crippen molar-refractivity contribution in [2.75, 3.05) is 0 Å². The van der Waals surface area contributed by atoms with Gasteiger partial charge in [-0.1, -0.05) is 31.9 Å². The first kappa shape index (κ1) is 11.2. The van der Waals surface area contributed by atoms with Crippen molar-refractivity contribution in [3.8, 4) is 0 Å². The van der Waals surface area contributed by atoms with Crippen LogP contribution in [0.3, 0.4) is 0 Å². The molecule has 0 amide bonds. The summed E-state index contributed by atoms with van der Waals surface area (Å²) in [5, 5.41) is 8.47. The maximum atomic E-state index is 10.3. The van der Waals surface area contributed by atoms with Crippen molar-refractivity contribution in [3.05, 3.63) is 11.6 Å². The van der Waals surface area contributed by atoms with Gasteiger partial charge in [0.1, 0.15) is 0 Å². The van der Waals surface area contributed by atoms with Crippen LogP contribution in [0.2, 0.25) is 0 Å². The van der Waals surface area contributed by atoms with Gasteiger partial charge in [0.2, 0.25) is 0 Å². The third-order valence-corrected chi connectivity index (χ3v) is 2.00. The fourth-order valence-electron chi connectivity index (χ4n) is 0.880. The summed E-state index contributed by atoms with van der Waals surface area (Å²) in [6.07, 6.45) is 4.35. The highest BCUT2D eigenvalue weighted by Crippen LogP contribution is 2.10. The number of carbonyl (C=O) groups is 1. The molecular formula is C10H18O2. The van der Waals surface area contributed by atoms with Gasteiger partial charge in [0.05, 0.1) is 6.42 Å². The number of allylic oxidation sites excluding steroid dienone is 1. The van der Waals surface area contributed by atoms with E-state index in [0.717, 1.165) is 18.4 Å². The Bertz CT molecular complexity index is 171. The second-order valence-corrected chi connectivity index (χ2v) is 3.37. The average molecular weight is 170 g/mol. The lowest BCUT2D eigenvalue weighted by atomic mass is 10.0. The Morgan fingerprint density at radius 1 is 1.58 bits per heavy atom. The summed E-state index contributed by atoms with van der Waals surface area (Å²) in [6.45, 7) is 6.19. The van der Waals surface area contributed by atoms with Crippen LogP contribution in [0.15, 0.2) is 11.6 Å². The molecule has 0 aliphatic rings. The van der Waals surface area contributed by atoms with E-state index in [-0.39, 0.29) is 6.42 Å². The molecular weight excluding hydrogens is 152 g/mol. The summed E-state index contributed by atoms with van der Waals surface area (Å²) < 4.78 is 0. The molecule has 1 unspecified atom stereocenters. The van der Waals surface area contributed by atoms with E-state index in [1.807, 2.05) is 13.0 Å². The Balaban J connectivity index is 3.76. The minimum absolute atomic E-state index is 0.177. The van der Waals surface area contributed by atoms with Crippen LogP contribution in [0.1, 0.15) is 40.0 Å². The van der Waals surface area contributed by atoms with E-state index < -0.39 is 5.97 Å². The molecule has 0 rings (SSSR count). The molecule has 0 saturated carbocycles. The summed E-state index contributed by atoms with van der Waals surface area (Å²) >= 11 is 0. The fourth-order valence-corrected chi connectivity index (χ4v) is 0.880. The lowest BCUT2D eigenvalue weighted by Crippen LogP contribution is -1.96. The van der Waals surface area contributed by atoms with E-state index in [1.54, 1.807) is 0 Å². The van der Waals surface area contributed by atoms with E-state index >= 15 is 0 Å². The van der Waals surface area contributed by atoms with Gasteiger partial charge in [-0.2, -0.15) is 0 Å². The third-order valence-electron chi connectivity index (χ3n) is 2.00. The Morgan fingerprint density at radius 3 is 2.58 bits per heavy atom. The largest absolute Gasteiger partial charge is 0.481 e. The highest BCUT2D eigenvalue weighted by Gasteiger charge is 1.99. The molecule has 0 saturated heterocycles. The van der Waals surface area contributed by atoms with Crippen LogP contribution in [0, 0.1) is 5.92 Å². The maximum Gasteiger partial charge on any atom is 0.307 e. The van der Waals surface area contributed by atoms with Crippen LogP contribution in [-0.2, 0) is 4.79 Å². The van der Waals surface area contributed by atoms with E-state index in [2.05, 4.69) is 13.8 Å². The van der Waals surface area contributed by atoms with Crippen molar-refractivity contribution >= 4 is 5.97 Å². The van der Waals surface area contributed by atoms with Crippen molar-refractivity contribution < 1.29 is 9.90 Å². The molecule has 0 heterocycles. The predicted molar refractivity (Wildman–Crippen MR) is 50.1 cm³/mol. The van der Waals surface area contributed by atoms with Gasteiger partial charge in [-0.05, 0) is 19.3 Å². The van der Waals surface area contributed by atoms with Crippen LogP contribution >= 0.6 is 0 Å². The number of rotatable bonds is 5. The molecule has 0 radical (unpaired) electrons. The summed E-state index contributed by atoms with van der Waals surface area (Å²) in [6, 6.07) is 0. The molecule has 12 heavy (non-hydrogen) atoms. The number of carboxylic acids is 1. The third kappa shape index (κ3) is 5.96. The van der Waals surface area contributed by atoms with Crippen LogP contribution in [0.25, 0.3) is 0 Å². The van der Waals surface area contributed by atoms with Gasteiger partial charge in [-0.15, -0.1) is 0 Å². The van der Waals surface area contributed by atoms with Crippen LogP contribution in [0.4, 0.5) is 0 Å². The smallest absolute Gasteiger partial charge is 0.307 e. The normalized spacial score (nSPS) is 14.4. The van der Waals surface area contributed by atoms with Crippen molar-refractivity contribution in [1.29, 1.82) is 0 Å². The highest BCUT2D eigenvalue weighted by atomic mass is 16.4. The second-order valence-electron chi connectivity index (χ2n) is 3.37. The number of hydrogen-bond donors (Lipinski definition) is 1. The second kappa shape index (κ2) is 5.81. The van der Waals surface area contributed by atoms with Gasteiger partial charge in [-0.25, -0.2) is 0 Å². The molecule has 1 N–H and O–H groups in total. The first-order chi connectivity index (χ1) is 5.56. The predicted octanol–water partition coefficient (Wildman–Crippen LogP) is 2.84. The van der Waals surface area contributed by atoms with Crippen molar-refractivity contribution in [2.24, 2.45) is 5.92 Å². The molecule has 0 aliphatic heterocycles. The van der Waals surface area contributed by atoms with E-state index in [0.29, 0.717) is 5.92 Å². The standard InChI is InChI=1S/C10H18O2/c1-4-8(2)5-6-9(3)7-10(11)12/h6,8H,4-5,7H2,1-3H3,(H,11,12). The number of hydrogen-bond acceptors (Lipinski definition) is 1. The Labute approximate surface area is 74.3 Å². The molecule has 2 nitrogen and oxygen atoms in total. The summed E-state index contributed by atoms with van der Waals surface area (Å²) in [5.41, 5.74) is 0.961. The van der Waals surface area contributed by atoms with Crippen molar-refractivity contribution in [3.63, 3.8) is 0 Å². The Kier molecular flexibility index (Phi) is 5.43. The zero-order valence-electron chi connectivity index (χ0n) is 8.13. The SMILES string of the molecule is CCC(C)CC=C(C)CC(=O)O. The lowest BCUT2D eigenvalue weighted by molar-refractivity contribution is -0.136. The molecule has 0 aromatic rings. The minimum atomic E-state index is -0.743. The average Bonchev–Trinajstić information content (AvgIpc) is 1.99. The molecule has 0 fully saturated rings. The van der Waals surface area contributed by atoms with Crippen LogP contribution < -0.4 is 0 Å². The monoisotopic (exact) mass is 170 g/mol. The first-order valence-electron chi connectivity index (χ1n) is 4.43.